The van der Waals surface area contributed by atoms with E-state index in [-0.39, 0.29) is 23.6 Å². The summed E-state index contributed by atoms with van der Waals surface area (Å²) in [7, 11) is 0. The molecule has 0 aliphatic carbocycles. The van der Waals surface area contributed by atoms with Crippen molar-refractivity contribution in [1.82, 2.24) is 10.3 Å². The number of carbonyl (C=O) groups excluding carboxylic acids is 1. The Bertz CT molecular complexity index is 1160. The van der Waals surface area contributed by atoms with Crippen molar-refractivity contribution in [3.8, 4) is 0 Å². The number of amidine groups is 2. The van der Waals surface area contributed by atoms with Crippen LogP contribution in [0.3, 0.4) is 0 Å². The van der Waals surface area contributed by atoms with Crippen LogP contribution >= 0.6 is 11.3 Å². The normalized spacial score (nSPS) is 16.1. The third kappa shape index (κ3) is 2.82. The predicted octanol–water partition coefficient (Wildman–Crippen LogP) is 3.96. The van der Waals surface area contributed by atoms with Gasteiger partial charge in [-0.25, -0.2) is 4.98 Å². The maximum absolute atomic E-state index is 12.5. The fourth-order valence-corrected chi connectivity index (χ4v) is 4.50. The van der Waals surface area contributed by atoms with E-state index < -0.39 is 0 Å². The summed E-state index contributed by atoms with van der Waals surface area (Å²) in [6.45, 7) is 7.85. The minimum Gasteiger partial charge on any atom is -0.381 e. The molecule has 1 aliphatic rings. The summed E-state index contributed by atoms with van der Waals surface area (Å²) in [4.78, 5) is 19.3. The molecule has 0 fully saturated rings. The molecule has 0 unspecified atom stereocenters. The van der Waals surface area contributed by atoms with Crippen molar-refractivity contribution in [1.29, 1.82) is 10.8 Å². The van der Waals surface area contributed by atoms with Crippen molar-refractivity contribution in [3.63, 3.8) is 0 Å². The number of aromatic nitrogens is 1. The molecule has 3 heterocycles. The van der Waals surface area contributed by atoms with Crippen LogP contribution in [-0.4, -0.2) is 35.1 Å². The zero-order valence-electron chi connectivity index (χ0n) is 15.6. The highest BCUT2D eigenvalue weighted by atomic mass is 32.1. The summed E-state index contributed by atoms with van der Waals surface area (Å²) in [6, 6.07) is 7.66. The standard InChI is InChI=1S/C20H20N6OS/c1-4-15(22)26(11(3)21)16-8-5-12-13(25-16)6-7-14-17(12)18-19(28-14)20(27)24-10(2)9-23-18/h4-8,10,21-23H,1,9H2,2-3H3,(H,24,27)/t10-/m1/s1. The molecular formula is C20H20N6OS. The van der Waals surface area contributed by atoms with Crippen LogP contribution in [0.25, 0.3) is 21.0 Å². The molecule has 0 saturated carbocycles. The Kier molecular flexibility index (Phi) is 4.35. The second-order valence-electron chi connectivity index (χ2n) is 6.75. The van der Waals surface area contributed by atoms with Gasteiger partial charge in [0.1, 0.15) is 22.4 Å². The van der Waals surface area contributed by atoms with Crippen molar-refractivity contribution < 1.29 is 4.79 Å². The molecule has 0 radical (unpaired) electrons. The minimum absolute atomic E-state index is 0.0518. The third-order valence-corrected chi connectivity index (χ3v) is 5.83. The second-order valence-corrected chi connectivity index (χ2v) is 7.80. The molecular weight excluding hydrogens is 372 g/mol. The van der Waals surface area contributed by atoms with Crippen LogP contribution in [0.15, 0.2) is 36.9 Å². The monoisotopic (exact) mass is 392 g/mol. The summed E-state index contributed by atoms with van der Waals surface area (Å²) in [5, 5.41) is 24.3. The number of pyridine rings is 1. The Morgan fingerprint density at radius 1 is 1.36 bits per heavy atom. The Hall–Kier alpha value is -3.26. The lowest BCUT2D eigenvalue weighted by atomic mass is 10.1. The number of benzene rings is 1. The van der Waals surface area contributed by atoms with Crippen LogP contribution < -0.4 is 15.5 Å². The highest BCUT2D eigenvalue weighted by molar-refractivity contribution is 7.21. The van der Waals surface area contributed by atoms with Crippen molar-refractivity contribution in [2.75, 3.05) is 16.8 Å². The summed E-state index contributed by atoms with van der Waals surface area (Å²) >= 11 is 1.47. The molecule has 142 valence electrons. The van der Waals surface area contributed by atoms with E-state index in [1.54, 1.807) is 13.0 Å². The molecule has 28 heavy (non-hydrogen) atoms. The Morgan fingerprint density at radius 3 is 2.86 bits per heavy atom. The van der Waals surface area contributed by atoms with E-state index >= 15 is 0 Å². The lowest BCUT2D eigenvalue weighted by Crippen LogP contribution is -2.34. The SMILES string of the molecule is C=CC(=N)N(C(C)=N)c1ccc2c(ccc3sc4c(c32)NC[C@@H](C)NC4=O)n1. The minimum atomic E-state index is -0.0588. The molecule has 1 amide bonds. The van der Waals surface area contributed by atoms with Crippen molar-refractivity contribution in [2.45, 2.75) is 19.9 Å². The number of anilines is 2. The van der Waals surface area contributed by atoms with Crippen LogP contribution in [0.2, 0.25) is 0 Å². The molecule has 2 aromatic heterocycles. The van der Waals surface area contributed by atoms with Gasteiger partial charge in [0.05, 0.1) is 11.2 Å². The molecule has 0 saturated heterocycles. The molecule has 0 bridgehead atoms. The van der Waals surface area contributed by atoms with E-state index in [4.69, 9.17) is 10.8 Å². The van der Waals surface area contributed by atoms with Crippen molar-refractivity contribution in [3.05, 3.63) is 41.8 Å². The summed E-state index contributed by atoms with van der Waals surface area (Å²) in [6.07, 6.45) is 1.38. The van der Waals surface area contributed by atoms with Crippen LogP contribution in [0, 0.1) is 10.8 Å². The van der Waals surface area contributed by atoms with E-state index in [2.05, 4.69) is 22.2 Å². The number of amides is 1. The molecule has 0 spiro atoms. The Balaban J connectivity index is 1.92. The number of carbonyl (C=O) groups is 1. The van der Waals surface area contributed by atoms with Gasteiger partial charge in [0, 0.05) is 28.1 Å². The average Bonchev–Trinajstić information content (AvgIpc) is 2.98. The highest BCUT2D eigenvalue weighted by Crippen LogP contribution is 2.41. The van der Waals surface area contributed by atoms with Gasteiger partial charge in [0.25, 0.3) is 5.91 Å². The quantitative estimate of drug-likeness (QED) is 0.391. The molecule has 1 atom stereocenters. The smallest absolute Gasteiger partial charge is 0.263 e. The number of thiophene rings is 1. The third-order valence-electron chi connectivity index (χ3n) is 4.67. The van der Waals surface area contributed by atoms with Gasteiger partial charge in [-0.3, -0.25) is 20.5 Å². The maximum Gasteiger partial charge on any atom is 0.263 e. The number of rotatable bonds is 2. The lowest BCUT2D eigenvalue weighted by Gasteiger charge is -2.21. The Morgan fingerprint density at radius 2 is 2.14 bits per heavy atom. The number of fused-ring (bicyclic) bond motifs is 5. The zero-order chi connectivity index (χ0) is 20.0. The van der Waals surface area contributed by atoms with E-state index in [1.165, 1.54) is 22.3 Å². The maximum atomic E-state index is 12.5. The average molecular weight is 392 g/mol. The molecule has 7 nitrogen and oxygen atoms in total. The van der Waals surface area contributed by atoms with Crippen LogP contribution in [-0.2, 0) is 0 Å². The predicted molar refractivity (Wildman–Crippen MR) is 116 cm³/mol. The first-order valence-electron chi connectivity index (χ1n) is 8.88. The largest absolute Gasteiger partial charge is 0.381 e. The van der Waals surface area contributed by atoms with Gasteiger partial charge in [-0.15, -0.1) is 11.3 Å². The van der Waals surface area contributed by atoms with Crippen molar-refractivity contribution >= 4 is 61.4 Å². The zero-order valence-corrected chi connectivity index (χ0v) is 16.4. The number of nitrogens with one attached hydrogen (secondary N) is 4. The van der Waals surface area contributed by atoms with Gasteiger partial charge in [0.2, 0.25) is 0 Å². The molecule has 4 N–H and O–H groups in total. The van der Waals surface area contributed by atoms with E-state index in [1.807, 2.05) is 25.1 Å². The molecule has 1 aromatic carbocycles. The second kappa shape index (κ2) is 6.72. The van der Waals surface area contributed by atoms with Crippen LogP contribution in [0.1, 0.15) is 23.5 Å². The van der Waals surface area contributed by atoms with E-state index in [9.17, 15) is 4.79 Å². The van der Waals surface area contributed by atoms with Gasteiger partial charge in [-0.1, -0.05) is 6.58 Å². The van der Waals surface area contributed by atoms with Crippen molar-refractivity contribution in [2.24, 2.45) is 0 Å². The summed E-state index contributed by atoms with van der Waals surface area (Å²) in [5.41, 5.74) is 1.59. The number of nitrogens with zero attached hydrogens (tertiary/aromatic N) is 2. The summed E-state index contributed by atoms with van der Waals surface area (Å²) in [5.74, 6) is 0.716. The first-order chi connectivity index (χ1) is 13.4. The highest BCUT2D eigenvalue weighted by Gasteiger charge is 2.25. The lowest BCUT2D eigenvalue weighted by molar-refractivity contribution is 0.0949. The van der Waals surface area contributed by atoms with Crippen LogP contribution in [0.4, 0.5) is 11.5 Å². The summed E-state index contributed by atoms with van der Waals surface area (Å²) < 4.78 is 1.02. The molecule has 3 aromatic rings. The fourth-order valence-electron chi connectivity index (χ4n) is 3.41. The first kappa shape index (κ1) is 18.1. The van der Waals surface area contributed by atoms with Gasteiger partial charge >= 0.3 is 0 Å². The molecule has 1 aliphatic heterocycles. The number of hydrogen-bond acceptors (Lipinski definition) is 6. The van der Waals surface area contributed by atoms with Gasteiger partial charge in [-0.05, 0) is 44.2 Å². The number of hydrogen-bond donors (Lipinski definition) is 4. The van der Waals surface area contributed by atoms with E-state index in [0.29, 0.717) is 17.2 Å². The fraction of sp³-hybridized carbons (Fsp3) is 0.200. The first-order valence-corrected chi connectivity index (χ1v) is 9.69. The molecule has 4 rings (SSSR count). The van der Waals surface area contributed by atoms with Gasteiger partial charge in [-0.2, -0.15) is 0 Å². The van der Waals surface area contributed by atoms with E-state index in [0.717, 1.165) is 26.7 Å². The topological polar surface area (TPSA) is 105 Å². The Labute approximate surface area is 166 Å². The van der Waals surface area contributed by atoms with Crippen LogP contribution in [0.5, 0.6) is 0 Å². The molecule has 8 heteroatoms. The van der Waals surface area contributed by atoms with Gasteiger partial charge in [0.15, 0.2) is 0 Å². The van der Waals surface area contributed by atoms with Gasteiger partial charge < -0.3 is 10.6 Å².